The van der Waals surface area contributed by atoms with Gasteiger partial charge in [-0.2, -0.15) is 0 Å². The van der Waals surface area contributed by atoms with E-state index in [0.717, 1.165) is 37.9 Å². The normalized spacial score (nSPS) is 27.8. The predicted octanol–water partition coefficient (Wildman–Crippen LogP) is 1.93. The minimum absolute atomic E-state index is 0.134. The molecule has 0 aromatic heterocycles. The minimum Gasteiger partial charge on any atom is -0.489 e. The number of carbonyl (C=O) groups is 4. The van der Waals surface area contributed by atoms with Gasteiger partial charge in [0.1, 0.15) is 23.5 Å². The molecule has 188 valence electrons. The Kier molecular flexibility index (Phi) is 5.86. The molecule has 9 nitrogen and oxygen atoms in total. The Bertz CT molecular complexity index is 1070. The predicted molar refractivity (Wildman–Crippen MR) is 125 cm³/mol. The smallest absolute Gasteiger partial charge is 0.313 e. The van der Waals surface area contributed by atoms with E-state index in [1.165, 1.54) is 4.90 Å². The Labute approximate surface area is 204 Å². The molecule has 5 rings (SSSR count). The number of ether oxygens (including phenoxy) is 2. The largest absolute Gasteiger partial charge is 0.489 e. The highest BCUT2D eigenvalue weighted by atomic mass is 16.6. The van der Waals surface area contributed by atoms with E-state index in [0.29, 0.717) is 17.7 Å². The Morgan fingerprint density at radius 1 is 1.14 bits per heavy atom. The van der Waals surface area contributed by atoms with Gasteiger partial charge in [-0.3, -0.25) is 24.5 Å². The first-order valence-electron chi connectivity index (χ1n) is 12.4. The van der Waals surface area contributed by atoms with Gasteiger partial charge in [-0.1, -0.05) is 6.07 Å². The van der Waals surface area contributed by atoms with E-state index in [1.807, 2.05) is 26.8 Å². The average molecular weight is 484 g/mol. The van der Waals surface area contributed by atoms with E-state index in [-0.39, 0.29) is 48.2 Å². The zero-order valence-electron chi connectivity index (χ0n) is 20.5. The summed E-state index contributed by atoms with van der Waals surface area (Å²) in [5.41, 5.74) is 0.493. The summed E-state index contributed by atoms with van der Waals surface area (Å²) in [6, 6.07) is 4.63. The van der Waals surface area contributed by atoms with Crippen molar-refractivity contribution in [2.24, 2.45) is 11.3 Å². The summed E-state index contributed by atoms with van der Waals surface area (Å²) in [6.07, 6.45) is 2.72. The van der Waals surface area contributed by atoms with Gasteiger partial charge >= 0.3 is 5.97 Å². The topological polar surface area (TPSA) is 114 Å². The molecular weight excluding hydrogens is 450 g/mol. The fourth-order valence-electron chi connectivity index (χ4n) is 6.03. The third-order valence-electron chi connectivity index (χ3n) is 7.72. The van der Waals surface area contributed by atoms with Gasteiger partial charge in [0.05, 0.1) is 12.5 Å². The Balaban J connectivity index is 1.37. The fraction of sp³-hybridized carbons (Fsp3) is 0.615. The van der Waals surface area contributed by atoms with Gasteiger partial charge in [0, 0.05) is 17.5 Å². The lowest BCUT2D eigenvalue weighted by Crippen LogP contribution is -2.61. The molecule has 9 heteroatoms. The van der Waals surface area contributed by atoms with Crippen LogP contribution in [0.4, 0.5) is 0 Å². The van der Waals surface area contributed by atoms with Crippen LogP contribution in [0.2, 0.25) is 0 Å². The number of carbonyl (C=O) groups excluding carboxylic acids is 4. The van der Waals surface area contributed by atoms with Crippen molar-refractivity contribution in [3.05, 3.63) is 29.3 Å². The molecule has 3 heterocycles. The van der Waals surface area contributed by atoms with E-state index in [9.17, 15) is 19.2 Å². The molecule has 0 bridgehead atoms. The molecule has 3 fully saturated rings. The number of rotatable bonds is 4. The SMILES string of the molecule is CC(C)(C)OC(=O)C1C(Oc2cccc3c2CN(C2CCC(=O)NC2=O)C3=O)CC12CCNCC2. The van der Waals surface area contributed by atoms with Crippen molar-refractivity contribution >= 4 is 23.7 Å². The Morgan fingerprint density at radius 2 is 1.89 bits per heavy atom. The van der Waals surface area contributed by atoms with E-state index in [1.54, 1.807) is 12.1 Å². The summed E-state index contributed by atoms with van der Waals surface area (Å²) in [4.78, 5) is 51.9. The first-order valence-corrected chi connectivity index (χ1v) is 12.4. The van der Waals surface area contributed by atoms with Crippen LogP contribution in [0.5, 0.6) is 5.75 Å². The lowest BCUT2D eigenvalue weighted by atomic mass is 9.54. The molecule has 0 radical (unpaired) electrons. The van der Waals surface area contributed by atoms with Crippen LogP contribution in [0.15, 0.2) is 18.2 Å². The monoisotopic (exact) mass is 483 g/mol. The summed E-state index contributed by atoms with van der Waals surface area (Å²) in [5, 5.41) is 5.70. The molecular formula is C26H33N3O6. The zero-order chi connectivity index (χ0) is 25.0. The van der Waals surface area contributed by atoms with E-state index < -0.39 is 17.6 Å². The highest BCUT2D eigenvalue weighted by Crippen LogP contribution is 2.55. The molecule has 1 saturated carbocycles. The van der Waals surface area contributed by atoms with Crippen molar-refractivity contribution in [3.63, 3.8) is 0 Å². The standard InChI is InChI=1S/C26H33N3O6/c1-25(2,3)35-24(33)21-19(13-26(21)9-11-27-12-10-26)34-18-6-4-5-15-16(18)14-29(23(15)32)17-7-8-20(30)28-22(17)31/h4-6,17,19,21,27H,7-14H2,1-3H3,(H,28,30,31). The van der Waals surface area contributed by atoms with Crippen LogP contribution in [0.25, 0.3) is 0 Å². The van der Waals surface area contributed by atoms with Gasteiger partial charge < -0.3 is 19.7 Å². The molecule has 35 heavy (non-hydrogen) atoms. The minimum atomic E-state index is -0.684. The van der Waals surface area contributed by atoms with E-state index >= 15 is 0 Å². The number of nitrogens with one attached hydrogen (secondary N) is 2. The number of fused-ring (bicyclic) bond motifs is 1. The summed E-state index contributed by atoms with van der Waals surface area (Å²) in [6.45, 7) is 7.56. The first-order chi connectivity index (χ1) is 16.6. The Hall–Kier alpha value is -2.94. The fourth-order valence-corrected chi connectivity index (χ4v) is 6.03. The molecule has 4 aliphatic rings. The van der Waals surface area contributed by atoms with Gasteiger partial charge in [-0.15, -0.1) is 0 Å². The van der Waals surface area contributed by atoms with Crippen molar-refractivity contribution in [1.29, 1.82) is 0 Å². The maximum absolute atomic E-state index is 13.3. The number of nitrogens with zero attached hydrogens (tertiary/aromatic N) is 1. The van der Waals surface area contributed by atoms with Crippen LogP contribution in [0, 0.1) is 11.3 Å². The van der Waals surface area contributed by atoms with E-state index in [4.69, 9.17) is 9.47 Å². The highest BCUT2D eigenvalue weighted by Gasteiger charge is 2.60. The first kappa shape index (κ1) is 23.8. The molecule has 1 aromatic carbocycles. The maximum atomic E-state index is 13.3. The zero-order valence-corrected chi connectivity index (χ0v) is 20.5. The molecule has 3 aliphatic heterocycles. The molecule has 1 aliphatic carbocycles. The van der Waals surface area contributed by atoms with Crippen LogP contribution in [0.3, 0.4) is 0 Å². The van der Waals surface area contributed by atoms with Gasteiger partial charge in [-0.05, 0) is 77.1 Å². The highest BCUT2D eigenvalue weighted by molar-refractivity contribution is 6.05. The van der Waals surface area contributed by atoms with Crippen molar-refractivity contribution < 1.29 is 28.7 Å². The third kappa shape index (κ3) is 4.30. The lowest BCUT2D eigenvalue weighted by molar-refractivity contribution is -0.190. The number of imide groups is 1. The lowest BCUT2D eigenvalue weighted by Gasteiger charge is -2.55. The maximum Gasteiger partial charge on any atom is 0.313 e. The molecule has 2 saturated heterocycles. The van der Waals surface area contributed by atoms with Crippen LogP contribution < -0.4 is 15.4 Å². The summed E-state index contributed by atoms with van der Waals surface area (Å²) >= 11 is 0. The second kappa shape index (κ2) is 8.62. The molecule has 3 unspecified atom stereocenters. The number of hydrogen-bond acceptors (Lipinski definition) is 7. The number of hydrogen-bond donors (Lipinski definition) is 2. The molecule has 3 atom stereocenters. The number of amides is 3. The van der Waals surface area contributed by atoms with Crippen molar-refractivity contribution in [3.8, 4) is 5.75 Å². The van der Waals surface area contributed by atoms with Crippen LogP contribution in [-0.4, -0.2) is 59.4 Å². The van der Waals surface area contributed by atoms with Crippen molar-refractivity contribution in [2.45, 2.75) is 77.2 Å². The van der Waals surface area contributed by atoms with Crippen molar-refractivity contribution in [2.75, 3.05) is 13.1 Å². The van der Waals surface area contributed by atoms with Gasteiger partial charge in [0.15, 0.2) is 0 Å². The average Bonchev–Trinajstić information content (AvgIpc) is 3.10. The van der Waals surface area contributed by atoms with Crippen LogP contribution in [-0.2, 0) is 25.7 Å². The molecule has 1 spiro atoms. The summed E-state index contributed by atoms with van der Waals surface area (Å²) in [7, 11) is 0. The molecule has 1 aromatic rings. The van der Waals surface area contributed by atoms with Gasteiger partial charge in [0.2, 0.25) is 11.8 Å². The molecule has 2 N–H and O–H groups in total. The number of esters is 1. The van der Waals surface area contributed by atoms with Gasteiger partial charge in [-0.25, -0.2) is 0 Å². The van der Waals surface area contributed by atoms with E-state index in [2.05, 4.69) is 10.6 Å². The Morgan fingerprint density at radius 3 is 2.57 bits per heavy atom. The number of piperidine rings is 2. The third-order valence-corrected chi connectivity index (χ3v) is 7.72. The van der Waals surface area contributed by atoms with Gasteiger partial charge in [0.25, 0.3) is 5.91 Å². The second-order valence-corrected chi connectivity index (χ2v) is 11.2. The molecule has 3 amide bonds. The van der Waals surface area contributed by atoms with Crippen molar-refractivity contribution in [1.82, 2.24) is 15.5 Å². The number of benzene rings is 1. The van der Waals surface area contributed by atoms with Crippen LogP contribution in [0.1, 0.15) is 68.8 Å². The van der Waals surface area contributed by atoms with Crippen LogP contribution >= 0.6 is 0 Å². The summed E-state index contributed by atoms with van der Waals surface area (Å²) in [5.74, 6) is -1.04. The summed E-state index contributed by atoms with van der Waals surface area (Å²) < 4.78 is 12.2. The second-order valence-electron chi connectivity index (χ2n) is 11.2. The quantitative estimate of drug-likeness (QED) is 0.497.